The number of aromatic nitrogens is 2. The monoisotopic (exact) mass is 445 g/mol. The van der Waals surface area contributed by atoms with Gasteiger partial charge in [-0.25, -0.2) is 18.4 Å². The van der Waals surface area contributed by atoms with Crippen LogP contribution in [0.15, 0.2) is 35.4 Å². The third kappa shape index (κ3) is 4.69. The standard InChI is InChI=1S/C21H27N5O4S/c1-14-4-3-11-25(13-14)31(29,30)17-7-8-18(19(12-17)26(27)28)24-20(16-5-6-16)21-22-10-9-15(2)23-21/h7-10,12,14,16,20,24H,3-6,11,13H2,1-2H3/t14-,20+/m1/s1. The van der Waals surface area contributed by atoms with Crippen molar-refractivity contribution in [3.05, 3.63) is 52.1 Å². The first kappa shape index (κ1) is 21.6. The molecule has 0 spiro atoms. The summed E-state index contributed by atoms with van der Waals surface area (Å²) in [6.45, 7) is 4.76. The Hall–Kier alpha value is -2.59. The number of rotatable bonds is 7. The lowest BCUT2D eigenvalue weighted by Gasteiger charge is -2.30. The Morgan fingerprint density at radius 2 is 2.03 bits per heavy atom. The number of nitrogens with one attached hydrogen (secondary N) is 1. The van der Waals surface area contributed by atoms with E-state index in [0.717, 1.165) is 37.4 Å². The number of nitrogens with zero attached hydrogens (tertiary/aromatic N) is 4. The Morgan fingerprint density at radius 3 is 2.68 bits per heavy atom. The van der Waals surface area contributed by atoms with E-state index in [1.165, 1.54) is 16.4 Å². The van der Waals surface area contributed by atoms with E-state index < -0.39 is 14.9 Å². The molecule has 10 heteroatoms. The Kier molecular flexibility index (Phi) is 5.94. The molecular weight excluding hydrogens is 418 g/mol. The molecule has 2 heterocycles. The summed E-state index contributed by atoms with van der Waals surface area (Å²) >= 11 is 0. The quantitative estimate of drug-likeness (QED) is 0.510. The molecule has 0 amide bonds. The number of nitro benzene ring substituents is 1. The summed E-state index contributed by atoms with van der Waals surface area (Å²) in [5.41, 5.74) is 0.839. The van der Waals surface area contributed by atoms with E-state index in [0.29, 0.717) is 24.8 Å². The van der Waals surface area contributed by atoms with Crippen LogP contribution >= 0.6 is 0 Å². The van der Waals surface area contributed by atoms with Crippen molar-refractivity contribution in [1.82, 2.24) is 14.3 Å². The molecule has 1 N–H and O–H groups in total. The zero-order valence-electron chi connectivity index (χ0n) is 17.7. The SMILES string of the molecule is Cc1ccnc([C@@H](Nc2ccc(S(=O)(=O)N3CCC[C@@H](C)C3)cc2[N+](=O)[O-])C2CC2)n1. The van der Waals surface area contributed by atoms with E-state index in [-0.39, 0.29) is 28.2 Å². The van der Waals surface area contributed by atoms with Crippen molar-refractivity contribution in [2.75, 3.05) is 18.4 Å². The van der Waals surface area contributed by atoms with Gasteiger partial charge < -0.3 is 5.32 Å². The van der Waals surface area contributed by atoms with E-state index in [9.17, 15) is 18.5 Å². The molecule has 0 unspecified atom stereocenters. The smallest absolute Gasteiger partial charge is 0.293 e. The highest BCUT2D eigenvalue weighted by molar-refractivity contribution is 7.89. The van der Waals surface area contributed by atoms with E-state index in [4.69, 9.17) is 0 Å². The fourth-order valence-electron chi connectivity index (χ4n) is 4.07. The molecule has 1 aliphatic heterocycles. The average Bonchev–Trinajstić information content (AvgIpc) is 3.57. The van der Waals surface area contributed by atoms with Crippen molar-refractivity contribution >= 4 is 21.4 Å². The minimum atomic E-state index is -3.78. The molecule has 31 heavy (non-hydrogen) atoms. The van der Waals surface area contributed by atoms with E-state index in [2.05, 4.69) is 15.3 Å². The maximum absolute atomic E-state index is 13.1. The molecule has 1 saturated carbocycles. The number of piperidine rings is 1. The summed E-state index contributed by atoms with van der Waals surface area (Å²) < 4.78 is 27.6. The van der Waals surface area contributed by atoms with Crippen LogP contribution in [-0.2, 0) is 10.0 Å². The van der Waals surface area contributed by atoms with Gasteiger partial charge in [-0.05, 0) is 62.6 Å². The van der Waals surface area contributed by atoms with Crippen LogP contribution in [0.5, 0.6) is 0 Å². The number of aryl methyl sites for hydroxylation is 1. The van der Waals surface area contributed by atoms with Crippen molar-refractivity contribution in [1.29, 1.82) is 0 Å². The van der Waals surface area contributed by atoms with Gasteiger partial charge >= 0.3 is 0 Å². The maximum atomic E-state index is 13.1. The zero-order valence-corrected chi connectivity index (χ0v) is 18.5. The predicted molar refractivity (Wildman–Crippen MR) is 116 cm³/mol. The number of hydrogen-bond donors (Lipinski definition) is 1. The second-order valence-electron chi connectivity index (χ2n) is 8.56. The van der Waals surface area contributed by atoms with Crippen LogP contribution in [0, 0.1) is 28.9 Å². The van der Waals surface area contributed by atoms with Crippen molar-refractivity contribution < 1.29 is 13.3 Å². The molecule has 0 bridgehead atoms. The Labute approximate surface area is 182 Å². The molecule has 1 saturated heterocycles. The van der Waals surface area contributed by atoms with Crippen molar-refractivity contribution in [3.8, 4) is 0 Å². The molecule has 2 fully saturated rings. The lowest BCUT2D eigenvalue weighted by molar-refractivity contribution is -0.384. The van der Waals surface area contributed by atoms with Crippen LogP contribution in [-0.4, -0.2) is 40.7 Å². The molecule has 1 aromatic carbocycles. The first-order valence-electron chi connectivity index (χ1n) is 10.6. The summed E-state index contributed by atoms with van der Waals surface area (Å²) in [7, 11) is -3.78. The minimum Gasteiger partial charge on any atom is -0.369 e. The highest BCUT2D eigenvalue weighted by Gasteiger charge is 2.36. The van der Waals surface area contributed by atoms with Crippen molar-refractivity contribution in [2.45, 2.75) is 50.5 Å². The molecule has 1 aliphatic carbocycles. The van der Waals surface area contributed by atoms with Crippen molar-refractivity contribution in [2.24, 2.45) is 11.8 Å². The predicted octanol–water partition coefficient (Wildman–Crippen LogP) is 3.68. The molecule has 2 atom stereocenters. The van der Waals surface area contributed by atoms with E-state index in [1.807, 2.05) is 13.8 Å². The molecule has 2 aliphatic rings. The lowest BCUT2D eigenvalue weighted by atomic mass is 10.0. The number of sulfonamides is 1. The summed E-state index contributed by atoms with van der Waals surface area (Å²) in [6.07, 6.45) is 5.43. The number of nitro groups is 1. The molecule has 0 radical (unpaired) electrons. The van der Waals surface area contributed by atoms with Crippen LogP contribution in [0.4, 0.5) is 11.4 Å². The Bertz CT molecular complexity index is 1090. The van der Waals surface area contributed by atoms with Crippen LogP contribution in [0.2, 0.25) is 0 Å². The molecular formula is C21H27N5O4S. The van der Waals surface area contributed by atoms with Crippen LogP contribution in [0.3, 0.4) is 0 Å². The van der Waals surface area contributed by atoms with Gasteiger partial charge in [0.2, 0.25) is 10.0 Å². The van der Waals surface area contributed by atoms with Crippen LogP contribution < -0.4 is 5.32 Å². The van der Waals surface area contributed by atoms with Gasteiger partial charge in [0.1, 0.15) is 5.69 Å². The van der Waals surface area contributed by atoms with Gasteiger partial charge in [-0.2, -0.15) is 4.31 Å². The zero-order chi connectivity index (χ0) is 22.2. The fraction of sp³-hybridized carbons (Fsp3) is 0.524. The van der Waals surface area contributed by atoms with E-state index in [1.54, 1.807) is 12.3 Å². The molecule has 4 rings (SSSR count). The van der Waals surface area contributed by atoms with Gasteiger partial charge in [0.05, 0.1) is 15.9 Å². The van der Waals surface area contributed by atoms with Gasteiger partial charge in [-0.15, -0.1) is 0 Å². The van der Waals surface area contributed by atoms with Crippen LogP contribution in [0.1, 0.15) is 50.2 Å². The number of anilines is 1. The van der Waals surface area contributed by atoms with Crippen LogP contribution in [0.25, 0.3) is 0 Å². The average molecular weight is 446 g/mol. The molecule has 2 aromatic rings. The fourth-order valence-corrected chi connectivity index (χ4v) is 5.69. The summed E-state index contributed by atoms with van der Waals surface area (Å²) in [5, 5.41) is 15.0. The largest absolute Gasteiger partial charge is 0.369 e. The van der Waals surface area contributed by atoms with Crippen molar-refractivity contribution in [3.63, 3.8) is 0 Å². The first-order chi connectivity index (χ1) is 14.8. The third-order valence-corrected chi connectivity index (χ3v) is 7.78. The summed E-state index contributed by atoms with van der Waals surface area (Å²) in [4.78, 5) is 20.1. The van der Waals surface area contributed by atoms with E-state index >= 15 is 0 Å². The number of hydrogen-bond acceptors (Lipinski definition) is 7. The topological polar surface area (TPSA) is 118 Å². The molecule has 1 aromatic heterocycles. The highest BCUT2D eigenvalue weighted by Crippen LogP contribution is 2.43. The molecule has 9 nitrogen and oxygen atoms in total. The second-order valence-corrected chi connectivity index (χ2v) is 10.5. The van der Waals surface area contributed by atoms with Gasteiger partial charge in [-0.3, -0.25) is 10.1 Å². The highest BCUT2D eigenvalue weighted by atomic mass is 32.2. The van der Waals surface area contributed by atoms with Gasteiger partial charge in [0, 0.05) is 31.0 Å². The first-order valence-corrected chi connectivity index (χ1v) is 12.0. The van der Waals surface area contributed by atoms with Gasteiger partial charge in [0.25, 0.3) is 5.69 Å². The minimum absolute atomic E-state index is 0.0476. The summed E-state index contributed by atoms with van der Waals surface area (Å²) in [6, 6.07) is 5.65. The summed E-state index contributed by atoms with van der Waals surface area (Å²) in [5.74, 6) is 1.16. The number of benzene rings is 1. The maximum Gasteiger partial charge on any atom is 0.293 e. The molecule has 166 valence electrons. The van der Waals surface area contributed by atoms with Gasteiger partial charge in [-0.1, -0.05) is 6.92 Å². The third-order valence-electron chi connectivity index (χ3n) is 5.92. The Balaban J connectivity index is 1.65. The lowest BCUT2D eigenvalue weighted by Crippen LogP contribution is -2.39. The second kappa shape index (κ2) is 8.51. The Morgan fingerprint density at radius 1 is 1.26 bits per heavy atom. The van der Waals surface area contributed by atoms with Gasteiger partial charge in [0.15, 0.2) is 5.82 Å². The normalized spacial score (nSPS) is 20.9.